The van der Waals surface area contributed by atoms with E-state index < -0.39 is 5.41 Å². The van der Waals surface area contributed by atoms with Crippen LogP contribution in [0.1, 0.15) is 46.7 Å². The van der Waals surface area contributed by atoms with Gasteiger partial charge in [0.2, 0.25) is 5.91 Å². The summed E-state index contributed by atoms with van der Waals surface area (Å²) in [5.74, 6) is 0.987. The maximum absolute atomic E-state index is 13.0. The molecule has 3 atom stereocenters. The number of aromatic amines is 1. The predicted octanol–water partition coefficient (Wildman–Crippen LogP) is 5.00. The van der Waals surface area contributed by atoms with Crippen LogP contribution >= 0.6 is 0 Å². The number of rotatable bonds is 7. The summed E-state index contributed by atoms with van der Waals surface area (Å²) in [4.78, 5) is 13.0. The SMILES string of the molecule is COc1ccc2c(c1)C1(CC1c1ccc3c(/C=C/c4ccc(CN[C@H]5CCOC5)cc4)n[nH]c3c1)C(=O)N2. The third-order valence-corrected chi connectivity index (χ3v) is 8.28. The van der Waals surface area contributed by atoms with Crippen LogP contribution in [0, 0.1) is 0 Å². The van der Waals surface area contributed by atoms with Gasteiger partial charge in [-0.1, -0.05) is 42.5 Å². The van der Waals surface area contributed by atoms with Crippen LogP contribution in [-0.2, 0) is 21.5 Å². The molecule has 38 heavy (non-hydrogen) atoms. The maximum atomic E-state index is 13.0. The van der Waals surface area contributed by atoms with Crippen molar-refractivity contribution >= 4 is 34.6 Å². The number of amides is 1. The fraction of sp³-hybridized carbons (Fsp3) is 0.290. The van der Waals surface area contributed by atoms with Crippen molar-refractivity contribution in [1.82, 2.24) is 15.5 Å². The monoisotopic (exact) mass is 506 g/mol. The van der Waals surface area contributed by atoms with E-state index in [1.54, 1.807) is 7.11 Å². The van der Waals surface area contributed by atoms with E-state index in [0.29, 0.717) is 6.04 Å². The van der Waals surface area contributed by atoms with Crippen LogP contribution in [-0.4, -0.2) is 42.5 Å². The molecule has 1 amide bonds. The summed E-state index contributed by atoms with van der Waals surface area (Å²) >= 11 is 0. The Bertz CT molecular complexity index is 1550. The van der Waals surface area contributed by atoms with Gasteiger partial charge in [0.25, 0.3) is 0 Å². The normalized spacial score (nSPS) is 23.9. The molecule has 4 aromatic rings. The Labute approximate surface area is 221 Å². The first kappa shape index (κ1) is 23.2. The zero-order valence-corrected chi connectivity index (χ0v) is 21.3. The lowest BCUT2D eigenvalue weighted by Gasteiger charge is -2.10. The quantitative estimate of drug-likeness (QED) is 0.328. The van der Waals surface area contributed by atoms with E-state index in [4.69, 9.17) is 9.47 Å². The molecule has 1 spiro atoms. The van der Waals surface area contributed by atoms with Gasteiger partial charge in [-0.05, 0) is 65.4 Å². The molecule has 7 nitrogen and oxygen atoms in total. The minimum Gasteiger partial charge on any atom is -0.497 e. The molecule has 1 aromatic heterocycles. The molecule has 1 saturated carbocycles. The molecule has 3 N–H and O–H groups in total. The largest absolute Gasteiger partial charge is 0.497 e. The van der Waals surface area contributed by atoms with E-state index in [-0.39, 0.29) is 11.8 Å². The van der Waals surface area contributed by atoms with E-state index in [2.05, 4.69) is 69.4 Å². The second-order valence-corrected chi connectivity index (χ2v) is 10.5. The molecule has 2 aliphatic heterocycles. The van der Waals surface area contributed by atoms with Gasteiger partial charge in [0.15, 0.2) is 0 Å². The molecule has 7 heteroatoms. The van der Waals surface area contributed by atoms with E-state index in [9.17, 15) is 4.79 Å². The zero-order chi connectivity index (χ0) is 25.7. The first-order valence-corrected chi connectivity index (χ1v) is 13.2. The molecule has 3 heterocycles. The fourth-order valence-electron chi connectivity index (χ4n) is 5.98. The summed E-state index contributed by atoms with van der Waals surface area (Å²) in [6.07, 6.45) is 6.02. The van der Waals surface area contributed by atoms with E-state index >= 15 is 0 Å². The third-order valence-electron chi connectivity index (χ3n) is 8.28. The van der Waals surface area contributed by atoms with E-state index in [0.717, 1.165) is 77.3 Å². The molecule has 2 unspecified atom stereocenters. The van der Waals surface area contributed by atoms with Crippen LogP contribution in [0.3, 0.4) is 0 Å². The summed E-state index contributed by atoms with van der Waals surface area (Å²) in [5.41, 5.74) is 6.84. The standard InChI is InChI=1S/C31H30N4O3/c1-37-23-8-11-28-25(15-23)31(30(36)33-28)16-26(31)21-7-9-24-27(34-35-29(24)14-21)10-6-19-2-4-20(5-3-19)17-32-22-12-13-38-18-22/h2-11,14-15,22,26,32H,12-13,16-18H2,1H3,(H,33,36)(H,34,35)/b10-6+/t22-,26?,31?/m0/s1. The highest BCUT2D eigenvalue weighted by Gasteiger charge is 2.65. The summed E-state index contributed by atoms with van der Waals surface area (Å²) in [7, 11) is 1.65. The number of methoxy groups -OCH3 is 1. The molecule has 1 saturated heterocycles. The van der Waals surface area contributed by atoms with Crippen molar-refractivity contribution in [2.45, 2.75) is 36.8 Å². The highest BCUT2D eigenvalue weighted by molar-refractivity contribution is 6.10. The topological polar surface area (TPSA) is 88.3 Å². The lowest BCUT2D eigenvalue weighted by molar-refractivity contribution is -0.118. The minimum atomic E-state index is -0.507. The number of nitrogens with zero attached hydrogens (tertiary/aromatic N) is 1. The van der Waals surface area contributed by atoms with Gasteiger partial charge in [0.05, 0.1) is 30.3 Å². The van der Waals surface area contributed by atoms with Crippen molar-refractivity contribution in [3.05, 3.63) is 88.6 Å². The Kier molecular flexibility index (Phi) is 5.56. The summed E-state index contributed by atoms with van der Waals surface area (Å²) in [5, 5.41) is 15.4. The first-order chi connectivity index (χ1) is 18.6. The lowest BCUT2D eigenvalue weighted by Crippen LogP contribution is -2.28. The Morgan fingerprint density at radius 3 is 2.84 bits per heavy atom. The van der Waals surface area contributed by atoms with Gasteiger partial charge in [-0.3, -0.25) is 9.89 Å². The first-order valence-electron chi connectivity index (χ1n) is 13.2. The zero-order valence-electron chi connectivity index (χ0n) is 21.3. The highest BCUT2D eigenvalue weighted by atomic mass is 16.5. The van der Waals surface area contributed by atoms with E-state index in [1.807, 2.05) is 24.3 Å². The number of ether oxygens (including phenoxy) is 2. The molecule has 3 aliphatic rings. The molecule has 0 bridgehead atoms. The highest BCUT2D eigenvalue weighted by Crippen LogP contribution is 2.65. The minimum absolute atomic E-state index is 0.0773. The van der Waals surface area contributed by atoms with Crippen molar-refractivity contribution in [3.8, 4) is 5.75 Å². The summed E-state index contributed by atoms with van der Waals surface area (Å²) in [6, 6.07) is 21.3. The fourth-order valence-corrected chi connectivity index (χ4v) is 5.98. The predicted molar refractivity (Wildman–Crippen MR) is 148 cm³/mol. The number of hydrogen-bond acceptors (Lipinski definition) is 5. The second-order valence-electron chi connectivity index (χ2n) is 10.5. The van der Waals surface area contributed by atoms with Gasteiger partial charge < -0.3 is 20.1 Å². The number of carbonyl (C=O) groups is 1. The van der Waals surface area contributed by atoms with Crippen molar-refractivity contribution in [2.75, 3.05) is 25.6 Å². The van der Waals surface area contributed by atoms with Crippen LogP contribution in [0.5, 0.6) is 5.75 Å². The van der Waals surface area contributed by atoms with Crippen LogP contribution in [0.25, 0.3) is 23.1 Å². The number of H-pyrrole nitrogens is 1. The average Bonchev–Trinajstić information content (AvgIpc) is 3.20. The van der Waals surface area contributed by atoms with Gasteiger partial charge in [0.1, 0.15) is 5.75 Å². The Morgan fingerprint density at radius 1 is 1.13 bits per heavy atom. The molecular formula is C31H30N4O3. The van der Waals surface area contributed by atoms with Gasteiger partial charge >= 0.3 is 0 Å². The molecule has 2 fully saturated rings. The van der Waals surface area contributed by atoms with Gasteiger partial charge in [-0.2, -0.15) is 5.10 Å². The number of carbonyl (C=O) groups excluding carboxylic acids is 1. The summed E-state index contributed by atoms with van der Waals surface area (Å²) in [6.45, 7) is 2.51. The Morgan fingerprint density at radius 2 is 2.03 bits per heavy atom. The van der Waals surface area contributed by atoms with Gasteiger partial charge in [-0.15, -0.1) is 0 Å². The molecule has 1 aliphatic carbocycles. The Balaban J connectivity index is 1.07. The third kappa shape index (κ3) is 3.90. The molecule has 192 valence electrons. The van der Waals surface area contributed by atoms with Gasteiger partial charge in [-0.25, -0.2) is 0 Å². The number of aromatic nitrogens is 2. The average molecular weight is 507 g/mol. The van der Waals surface area contributed by atoms with Crippen molar-refractivity contribution in [1.29, 1.82) is 0 Å². The number of nitrogens with one attached hydrogen (secondary N) is 3. The second kappa shape index (κ2) is 9.11. The smallest absolute Gasteiger partial charge is 0.235 e. The molecule has 7 rings (SSSR count). The van der Waals surface area contributed by atoms with Crippen LogP contribution in [0.2, 0.25) is 0 Å². The molecular weight excluding hydrogens is 476 g/mol. The van der Waals surface area contributed by atoms with Crippen LogP contribution in [0.15, 0.2) is 60.7 Å². The lowest BCUT2D eigenvalue weighted by atomic mass is 9.91. The van der Waals surface area contributed by atoms with E-state index in [1.165, 1.54) is 5.56 Å². The van der Waals surface area contributed by atoms with Gasteiger partial charge in [0, 0.05) is 36.2 Å². The van der Waals surface area contributed by atoms with Crippen LogP contribution < -0.4 is 15.4 Å². The van der Waals surface area contributed by atoms with Crippen molar-refractivity contribution in [3.63, 3.8) is 0 Å². The number of benzene rings is 3. The number of hydrogen-bond donors (Lipinski definition) is 3. The van der Waals surface area contributed by atoms with Crippen molar-refractivity contribution in [2.24, 2.45) is 0 Å². The number of fused-ring (bicyclic) bond motifs is 3. The Hall–Kier alpha value is -3.94. The summed E-state index contributed by atoms with van der Waals surface area (Å²) < 4.78 is 10.9. The maximum Gasteiger partial charge on any atom is 0.235 e. The molecule has 0 radical (unpaired) electrons. The molecule has 3 aromatic carbocycles. The van der Waals surface area contributed by atoms with Crippen LogP contribution in [0.4, 0.5) is 5.69 Å². The number of anilines is 1. The van der Waals surface area contributed by atoms with Crippen molar-refractivity contribution < 1.29 is 14.3 Å².